The van der Waals surface area contributed by atoms with Crippen molar-refractivity contribution in [2.24, 2.45) is 5.92 Å². The van der Waals surface area contributed by atoms with Crippen LogP contribution in [0.5, 0.6) is 0 Å². The Morgan fingerprint density at radius 1 is 1.38 bits per heavy atom. The molecule has 0 bridgehead atoms. The lowest BCUT2D eigenvalue weighted by atomic mass is 10.0. The zero-order valence-electron chi connectivity index (χ0n) is 13.8. The van der Waals surface area contributed by atoms with E-state index in [2.05, 4.69) is 26.0 Å². The first kappa shape index (κ1) is 21.2. The maximum atomic E-state index is 12.4. The van der Waals surface area contributed by atoms with Crippen LogP contribution in [0, 0.1) is 5.92 Å². The van der Waals surface area contributed by atoms with Crippen molar-refractivity contribution in [3.05, 3.63) is 27.7 Å². The molecule has 9 heteroatoms. The van der Waals surface area contributed by atoms with E-state index in [1.165, 1.54) is 12.1 Å². The highest BCUT2D eigenvalue weighted by Gasteiger charge is 2.21. The van der Waals surface area contributed by atoms with Gasteiger partial charge in [0.15, 0.2) is 0 Å². The Labute approximate surface area is 156 Å². The van der Waals surface area contributed by atoms with Crippen molar-refractivity contribution < 1.29 is 17.9 Å². The Morgan fingerprint density at radius 3 is 2.58 bits per heavy atom. The molecule has 2 N–H and O–H groups in total. The predicted molar refractivity (Wildman–Crippen MR) is 97.7 cm³/mol. The number of amides is 1. The molecule has 0 saturated carbocycles. The van der Waals surface area contributed by atoms with Crippen molar-refractivity contribution >= 4 is 43.6 Å². The van der Waals surface area contributed by atoms with Crippen LogP contribution >= 0.6 is 27.5 Å². The zero-order valence-corrected chi connectivity index (χ0v) is 17.0. The van der Waals surface area contributed by atoms with Gasteiger partial charge in [0, 0.05) is 17.1 Å². The Morgan fingerprint density at radius 2 is 2.04 bits per heavy atom. The van der Waals surface area contributed by atoms with Crippen LogP contribution in [0.3, 0.4) is 0 Å². The maximum absolute atomic E-state index is 12.4. The first-order valence-corrected chi connectivity index (χ1v) is 10.2. The molecule has 0 fully saturated rings. The number of hydrogen-bond acceptors (Lipinski definition) is 4. The molecule has 1 aromatic rings. The molecule has 0 saturated heterocycles. The van der Waals surface area contributed by atoms with Crippen molar-refractivity contribution in [3.8, 4) is 0 Å². The lowest BCUT2D eigenvalue weighted by Gasteiger charge is -2.21. The largest absolute Gasteiger partial charge is 0.450 e. The van der Waals surface area contributed by atoms with E-state index in [1.807, 2.05) is 13.8 Å². The van der Waals surface area contributed by atoms with Crippen molar-refractivity contribution in [1.29, 1.82) is 0 Å². The van der Waals surface area contributed by atoms with Crippen LogP contribution in [0.4, 0.5) is 4.79 Å². The average Bonchev–Trinajstić information content (AvgIpc) is 2.44. The highest BCUT2D eigenvalue weighted by molar-refractivity contribution is 9.10. The zero-order chi connectivity index (χ0) is 18.3. The summed E-state index contributed by atoms with van der Waals surface area (Å²) in [7, 11) is -3.78. The number of halogens is 2. The number of nitrogens with one attached hydrogen (secondary N) is 2. The lowest BCUT2D eigenvalue weighted by molar-refractivity contribution is 0.146. The van der Waals surface area contributed by atoms with E-state index in [4.69, 9.17) is 16.3 Å². The smallest absolute Gasteiger partial charge is 0.407 e. The Bertz CT molecular complexity index is 667. The highest BCUT2D eigenvalue weighted by Crippen LogP contribution is 2.25. The molecule has 1 unspecified atom stereocenters. The van der Waals surface area contributed by atoms with Crippen LogP contribution < -0.4 is 10.0 Å². The molecule has 0 heterocycles. The number of benzene rings is 1. The molecule has 0 radical (unpaired) electrons. The Kier molecular flexibility index (Phi) is 8.49. The van der Waals surface area contributed by atoms with Gasteiger partial charge in [0.25, 0.3) is 0 Å². The molecule has 1 amide bonds. The van der Waals surface area contributed by atoms with Crippen molar-refractivity contribution in [2.75, 3.05) is 13.2 Å². The first-order chi connectivity index (χ1) is 11.2. The second-order valence-electron chi connectivity index (χ2n) is 5.62. The number of carbonyl (C=O) groups excluding carboxylic acids is 1. The van der Waals surface area contributed by atoms with Gasteiger partial charge in [-0.25, -0.2) is 17.9 Å². The van der Waals surface area contributed by atoms with Crippen LogP contribution in [-0.2, 0) is 14.8 Å². The van der Waals surface area contributed by atoms with E-state index in [0.717, 1.165) is 0 Å². The minimum atomic E-state index is -3.78. The molecule has 6 nitrogen and oxygen atoms in total. The molecule has 136 valence electrons. The van der Waals surface area contributed by atoms with Gasteiger partial charge in [0.05, 0.1) is 11.6 Å². The maximum Gasteiger partial charge on any atom is 0.407 e. The summed E-state index contributed by atoms with van der Waals surface area (Å²) in [4.78, 5) is 11.6. The number of carbonyl (C=O) groups is 1. The van der Waals surface area contributed by atoms with Crippen LogP contribution in [0.15, 0.2) is 27.6 Å². The molecule has 0 spiro atoms. The van der Waals surface area contributed by atoms with Crippen molar-refractivity contribution in [3.63, 3.8) is 0 Å². The Hall–Kier alpha value is -0.830. The number of sulfonamides is 1. The fourth-order valence-electron chi connectivity index (χ4n) is 2.08. The van der Waals surface area contributed by atoms with Crippen LogP contribution in [0.1, 0.15) is 27.2 Å². The van der Waals surface area contributed by atoms with Gasteiger partial charge < -0.3 is 10.1 Å². The van der Waals surface area contributed by atoms with E-state index in [0.29, 0.717) is 10.9 Å². The summed E-state index contributed by atoms with van der Waals surface area (Å²) in [5, 5.41) is 2.79. The molecule has 0 aliphatic rings. The van der Waals surface area contributed by atoms with E-state index in [9.17, 15) is 13.2 Å². The van der Waals surface area contributed by atoms with E-state index >= 15 is 0 Å². The summed E-state index contributed by atoms with van der Waals surface area (Å²) in [6.45, 7) is 5.97. The quantitative estimate of drug-likeness (QED) is 0.646. The van der Waals surface area contributed by atoms with Gasteiger partial charge in [0.2, 0.25) is 10.0 Å². The standard InChI is InChI=1S/C15H22BrClN2O4S/c1-4-23-15(20)19-12(7-10(2)3)9-18-24(21,22)14-6-5-11(16)8-13(14)17/h5-6,8,10,12,18H,4,7,9H2,1-3H3,(H,19,20). The molecular weight excluding hydrogens is 420 g/mol. The average molecular weight is 442 g/mol. The van der Waals surface area contributed by atoms with Gasteiger partial charge in [-0.15, -0.1) is 0 Å². The number of ether oxygens (including phenoxy) is 1. The summed E-state index contributed by atoms with van der Waals surface area (Å²) < 4.78 is 32.9. The lowest BCUT2D eigenvalue weighted by Crippen LogP contribution is -2.44. The van der Waals surface area contributed by atoms with Gasteiger partial charge in [-0.3, -0.25) is 0 Å². The van der Waals surface area contributed by atoms with E-state index < -0.39 is 16.1 Å². The fourth-order valence-corrected chi connectivity index (χ4v) is 4.20. The molecule has 1 aromatic carbocycles. The first-order valence-electron chi connectivity index (χ1n) is 7.53. The van der Waals surface area contributed by atoms with Gasteiger partial charge in [-0.2, -0.15) is 0 Å². The van der Waals surface area contributed by atoms with Gasteiger partial charge >= 0.3 is 6.09 Å². The third kappa shape index (κ3) is 6.96. The molecule has 0 aliphatic heterocycles. The highest BCUT2D eigenvalue weighted by atomic mass is 79.9. The minimum Gasteiger partial charge on any atom is -0.450 e. The molecule has 24 heavy (non-hydrogen) atoms. The third-order valence-electron chi connectivity index (χ3n) is 3.06. The fraction of sp³-hybridized carbons (Fsp3) is 0.533. The summed E-state index contributed by atoms with van der Waals surface area (Å²) in [5.74, 6) is 0.276. The van der Waals surface area contributed by atoms with Gasteiger partial charge in [0.1, 0.15) is 4.90 Å². The van der Waals surface area contributed by atoms with Crippen LogP contribution in [0.25, 0.3) is 0 Å². The summed E-state index contributed by atoms with van der Waals surface area (Å²) >= 11 is 9.23. The van der Waals surface area contributed by atoms with E-state index in [1.54, 1.807) is 13.0 Å². The molecular formula is C15H22BrClN2O4S. The van der Waals surface area contributed by atoms with Crippen LogP contribution in [0.2, 0.25) is 5.02 Å². The molecule has 0 aliphatic carbocycles. The van der Waals surface area contributed by atoms with Crippen LogP contribution in [-0.4, -0.2) is 33.7 Å². The van der Waals surface area contributed by atoms with Crippen molar-refractivity contribution in [1.82, 2.24) is 10.0 Å². The number of hydrogen-bond donors (Lipinski definition) is 2. The van der Waals surface area contributed by atoms with E-state index in [-0.39, 0.29) is 35.0 Å². The SMILES string of the molecule is CCOC(=O)NC(CNS(=O)(=O)c1ccc(Br)cc1Cl)CC(C)C. The topological polar surface area (TPSA) is 84.5 Å². The Balaban J connectivity index is 2.81. The predicted octanol–water partition coefficient (Wildman–Crippen LogP) is 3.54. The minimum absolute atomic E-state index is 0.00759. The molecule has 1 atom stereocenters. The van der Waals surface area contributed by atoms with Gasteiger partial charge in [-0.1, -0.05) is 41.4 Å². The summed E-state index contributed by atoms with van der Waals surface area (Å²) in [6, 6.07) is 4.15. The normalized spacial score (nSPS) is 12.9. The summed E-state index contributed by atoms with van der Waals surface area (Å²) in [6.07, 6.45) is 0.0408. The summed E-state index contributed by atoms with van der Waals surface area (Å²) in [5.41, 5.74) is 0. The second-order valence-corrected chi connectivity index (χ2v) is 8.68. The monoisotopic (exact) mass is 440 g/mol. The van der Waals surface area contributed by atoms with Crippen molar-refractivity contribution in [2.45, 2.75) is 38.1 Å². The third-order valence-corrected chi connectivity index (χ3v) is 5.46. The number of rotatable bonds is 8. The van der Waals surface area contributed by atoms with Gasteiger partial charge in [-0.05, 0) is 37.5 Å². The number of alkyl carbamates (subject to hydrolysis) is 1. The molecule has 1 rings (SSSR count). The molecule has 0 aromatic heterocycles. The second kappa shape index (κ2) is 9.60.